The molecule has 0 amide bonds. The Kier molecular flexibility index (Phi) is 2.15. The van der Waals surface area contributed by atoms with Crippen LogP contribution in [0.1, 0.15) is 21.6 Å². The van der Waals surface area contributed by atoms with Gasteiger partial charge in [0.25, 0.3) is 0 Å². The highest BCUT2D eigenvalue weighted by Gasteiger charge is 2.18. The van der Waals surface area contributed by atoms with Gasteiger partial charge >= 0.3 is 5.97 Å². The predicted molar refractivity (Wildman–Crippen MR) is 61.0 cm³/mol. The van der Waals surface area contributed by atoms with Crippen molar-refractivity contribution in [2.45, 2.75) is 13.8 Å². The Morgan fingerprint density at radius 3 is 2.50 bits per heavy atom. The van der Waals surface area contributed by atoms with Gasteiger partial charge in [0.15, 0.2) is 0 Å². The summed E-state index contributed by atoms with van der Waals surface area (Å²) in [6, 6.07) is 3.31. The van der Waals surface area contributed by atoms with Crippen LogP contribution in [0.25, 0.3) is 10.9 Å². The van der Waals surface area contributed by atoms with E-state index in [0.717, 1.165) is 11.1 Å². The number of fused-ring (bicyclic) bond motifs is 1. The van der Waals surface area contributed by atoms with Crippen LogP contribution in [0, 0.1) is 13.8 Å². The number of aromatic hydroxyl groups is 1. The number of carboxylic acid groups (broad SMARTS) is 1. The number of hydrogen-bond donors (Lipinski definition) is 2. The molecule has 0 radical (unpaired) electrons. The lowest BCUT2D eigenvalue weighted by Crippen LogP contribution is -1.99. The molecule has 0 fully saturated rings. The number of carboxylic acids is 1. The Hall–Kier alpha value is -1.97. The maximum absolute atomic E-state index is 11.2. The third kappa shape index (κ3) is 1.26. The van der Waals surface area contributed by atoms with Gasteiger partial charge in [-0.3, -0.25) is 0 Å². The molecule has 2 N–H and O–H groups in total. The molecule has 2 rings (SSSR count). The molecule has 4 nitrogen and oxygen atoms in total. The van der Waals surface area contributed by atoms with Gasteiger partial charge in [-0.15, -0.1) is 0 Å². The summed E-state index contributed by atoms with van der Waals surface area (Å²) in [4.78, 5) is 11.2. The highest BCUT2D eigenvalue weighted by atomic mass is 16.4. The van der Waals surface area contributed by atoms with Gasteiger partial charge in [-0.2, -0.15) is 0 Å². The molecule has 0 bridgehead atoms. The number of aromatic nitrogens is 1. The normalized spacial score (nSPS) is 10.9. The Balaban J connectivity index is 2.97. The van der Waals surface area contributed by atoms with Crippen LogP contribution in [0.15, 0.2) is 12.1 Å². The number of hydrogen-bond acceptors (Lipinski definition) is 2. The molecule has 16 heavy (non-hydrogen) atoms. The summed E-state index contributed by atoms with van der Waals surface area (Å²) in [6.45, 7) is 3.55. The molecular formula is C12H13NO3. The maximum Gasteiger partial charge on any atom is 0.338 e. The molecule has 1 aromatic heterocycles. The average Bonchev–Trinajstić information content (AvgIpc) is 2.42. The lowest BCUT2D eigenvalue weighted by Gasteiger charge is -2.01. The number of nitrogens with zero attached hydrogens (tertiary/aromatic N) is 1. The van der Waals surface area contributed by atoms with E-state index in [-0.39, 0.29) is 11.3 Å². The molecule has 0 saturated heterocycles. The molecule has 0 saturated carbocycles. The van der Waals surface area contributed by atoms with Crippen molar-refractivity contribution in [1.82, 2.24) is 4.57 Å². The van der Waals surface area contributed by atoms with Gasteiger partial charge in [0.2, 0.25) is 0 Å². The molecule has 2 aromatic rings. The topological polar surface area (TPSA) is 62.5 Å². The van der Waals surface area contributed by atoms with E-state index in [1.54, 1.807) is 19.9 Å². The number of phenolic OH excluding ortho intramolecular Hbond substituents is 1. The monoisotopic (exact) mass is 219 g/mol. The van der Waals surface area contributed by atoms with Crippen LogP contribution in [0.3, 0.4) is 0 Å². The van der Waals surface area contributed by atoms with Crippen LogP contribution in [-0.4, -0.2) is 20.7 Å². The number of phenols is 1. The first-order valence-electron chi connectivity index (χ1n) is 4.95. The first-order valence-corrected chi connectivity index (χ1v) is 4.95. The van der Waals surface area contributed by atoms with Crippen molar-refractivity contribution in [3.63, 3.8) is 0 Å². The second kappa shape index (κ2) is 3.27. The van der Waals surface area contributed by atoms with E-state index in [9.17, 15) is 9.90 Å². The first-order chi connectivity index (χ1) is 7.43. The van der Waals surface area contributed by atoms with Gasteiger partial charge < -0.3 is 14.8 Å². The van der Waals surface area contributed by atoms with Crippen LogP contribution >= 0.6 is 0 Å². The standard InChI is InChI=1S/C12H13NO3/c1-6-4-9-8(5-10(6)14)11(12(15)16)7(2)13(9)3/h4-5,14H,1-3H3,(H,15,16). The maximum atomic E-state index is 11.2. The lowest BCUT2D eigenvalue weighted by molar-refractivity contribution is 0.0698. The van der Waals surface area contributed by atoms with Crippen LogP contribution in [0.4, 0.5) is 0 Å². The molecule has 84 valence electrons. The third-order valence-electron chi connectivity index (χ3n) is 3.02. The average molecular weight is 219 g/mol. The van der Waals surface area contributed by atoms with Crippen molar-refractivity contribution in [3.05, 3.63) is 29.0 Å². The molecule has 0 atom stereocenters. The summed E-state index contributed by atoms with van der Waals surface area (Å²) < 4.78 is 1.82. The van der Waals surface area contributed by atoms with E-state index in [0.29, 0.717) is 11.1 Å². The van der Waals surface area contributed by atoms with Crippen LogP contribution < -0.4 is 0 Å². The molecule has 0 aliphatic heterocycles. The van der Waals surface area contributed by atoms with Gasteiger partial charge in [0.05, 0.1) is 5.56 Å². The van der Waals surface area contributed by atoms with E-state index >= 15 is 0 Å². The summed E-state index contributed by atoms with van der Waals surface area (Å²) in [5.74, 6) is -0.841. The zero-order chi connectivity index (χ0) is 12.0. The highest BCUT2D eigenvalue weighted by Crippen LogP contribution is 2.30. The smallest absolute Gasteiger partial charge is 0.338 e. The fourth-order valence-corrected chi connectivity index (χ4v) is 1.97. The van der Waals surface area contributed by atoms with E-state index in [2.05, 4.69) is 0 Å². The highest BCUT2D eigenvalue weighted by molar-refractivity contribution is 6.05. The van der Waals surface area contributed by atoms with E-state index < -0.39 is 5.97 Å². The molecule has 0 spiro atoms. The van der Waals surface area contributed by atoms with Crippen molar-refractivity contribution >= 4 is 16.9 Å². The van der Waals surface area contributed by atoms with Gasteiger partial charge in [-0.1, -0.05) is 0 Å². The number of carbonyl (C=O) groups is 1. The minimum atomic E-state index is -0.966. The van der Waals surface area contributed by atoms with Crippen LogP contribution in [0.5, 0.6) is 5.75 Å². The van der Waals surface area contributed by atoms with Crippen molar-refractivity contribution < 1.29 is 15.0 Å². The minimum Gasteiger partial charge on any atom is -0.508 e. The molecule has 1 aromatic carbocycles. The van der Waals surface area contributed by atoms with Crippen LogP contribution in [-0.2, 0) is 7.05 Å². The number of rotatable bonds is 1. The van der Waals surface area contributed by atoms with Crippen molar-refractivity contribution in [2.24, 2.45) is 7.05 Å². The SMILES string of the molecule is Cc1cc2c(cc1O)c(C(=O)O)c(C)n2C. The van der Waals surface area contributed by atoms with Crippen molar-refractivity contribution in [3.8, 4) is 5.75 Å². The quantitative estimate of drug-likeness (QED) is 0.772. The van der Waals surface area contributed by atoms with Crippen LogP contribution in [0.2, 0.25) is 0 Å². The first kappa shape index (κ1) is 10.5. The summed E-state index contributed by atoms with van der Waals surface area (Å²) >= 11 is 0. The minimum absolute atomic E-state index is 0.126. The third-order valence-corrected chi connectivity index (χ3v) is 3.02. The van der Waals surface area contributed by atoms with Gasteiger partial charge in [0, 0.05) is 23.6 Å². The Bertz CT molecular complexity index is 596. The van der Waals surface area contributed by atoms with Crippen molar-refractivity contribution in [1.29, 1.82) is 0 Å². The summed E-state index contributed by atoms with van der Waals surface area (Å²) in [6.07, 6.45) is 0. The van der Waals surface area contributed by atoms with Gasteiger partial charge in [-0.25, -0.2) is 4.79 Å². The molecule has 0 aliphatic carbocycles. The zero-order valence-electron chi connectivity index (χ0n) is 9.40. The fraction of sp³-hybridized carbons (Fsp3) is 0.250. The predicted octanol–water partition coefficient (Wildman–Crippen LogP) is 2.20. The molecule has 0 unspecified atom stereocenters. The largest absolute Gasteiger partial charge is 0.508 e. The molecule has 4 heteroatoms. The lowest BCUT2D eigenvalue weighted by atomic mass is 10.1. The van der Waals surface area contributed by atoms with E-state index in [1.807, 2.05) is 11.6 Å². The molecule has 1 heterocycles. The van der Waals surface area contributed by atoms with Crippen molar-refractivity contribution in [2.75, 3.05) is 0 Å². The zero-order valence-corrected chi connectivity index (χ0v) is 9.40. The number of benzene rings is 1. The Morgan fingerprint density at radius 1 is 1.31 bits per heavy atom. The fourth-order valence-electron chi connectivity index (χ4n) is 1.97. The van der Waals surface area contributed by atoms with E-state index in [1.165, 1.54) is 6.07 Å². The second-order valence-electron chi connectivity index (χ2n) is 3.98. The van der Waals surface area contributed by atoms with Gasteiger partial charge in [-0.05, 0) is 31.5 Å². The Morgan fingerprint density at radius 2 is 1.94 bits per heavy atom. The number of aromatic carboxylic acids is 1. The van der Waals surface area contributed by atoms with Gasteiger partial charge in [0.1, 0.15) is 5.75 Å². The number of aryl methyl sites for hydroxylation is 2. The summed E-state index contributed by atoms with van der Waals surface area (Å²) in [5.41, 5.74) is 2.51. The second-order valence-corrected chi connectivity index (χ2v) is 3.98. The summed E-state index contributed by atoms with van der Waals surface area (Å²) in [7, 11) is 1.82. The summed E-state index contributed by atoms with van der Waals surface area (Å²) in [5, 5.41) is 19.3. The molecule has 0 aliphatic rings. The Labute approximate surface area is 92.7 Å². The van der Waals surface area contributed by atoms with E-state index in [4.69, 9.17) is 5.11 Å². The molecular weight excluding hydrogens is 206 g/mol.